The summed E-state index contributed by atoms with van der Waals surface area (Å²) in [6.45, 7) is 4.65. The largest absolute Gasteiger partial charge is 0.433 e. The molecule has 0 radical (unpaired) electrons. The third-order valence-corrected chi connectivity index (χ3v) is 2.13. The molecule has 0 bridgehead atoms. The van der Waals surface area contributed by atoms with Crippen LogP contribution in [0.1, 0.15) is 24.4 Å². The predicted octanol–water partition coefficient (Wildman–Crippen LogP) is 1.32. The molecular weight excluding hydrogens is 256 g/mol. The highest BCUT2D eigenvalue weighted by atomic mass is 16.7. The van der Waals surface area contributed by atoms with Gasteiger partial charge >= 0.3 is 5.88 Å². The van der Waals surface area contributed by atoms with Crippen molar-refractivity contribution in [2.75, 3.05) is 19.8 Å². The molecule has 0 unspecified atom stereocenters. The van der Waals surface area contributed by atoms with Crippen LogP contribution in [0.2, 0.25) is 0 Å². The molecule has 1 heterocycles. The monoisotopic (exact) mass is 272 g/mol. The van der Waals surface area contributed by atoms with E-state index in [0.29, 0.717) is 13.2 Å². The van der Waals surface area contributed by atoms with E-state index in [9.17, 15) is 14.9 Å². The third kappa shape index (κ3) is 4.68. The number of nitrogens with zero attached hydrogens (tertiary/aromatic N) is 1. The Labute approximate surface area is 109 Å². The first-order valence-electron chi connectivity index (χ1n) is 5.84. The minimum atomic E-state index is -0.708. The minimum Gasteiger partial charge on any atom is -0.395 e. The maximum Gasteiger partial charge on any atom is 0.433 e. The Morgan fingerprint density at radius 2 is 2.05 bits per heavy atom. The van der Waals surface area contributed by atoms with Gasteiger partial charge in [-0.2, -0.15) is 0 Å². The summed E-state index contributed by atoms with van der Waals surface area (Å²) in [5, 5.41) is 12.9. The van der Waals surface area contributed by atoms with E-state index in [-0.39, 0.29) is 12.3 Å². The van der Waals surface area contributed by atoms with E-state index in [4.69, 9.17) is 13.9 Å². The number of carbonyl (C=O) groups excluding carboxylic acids is 1. The predicted molar refractivity (Wildman–Crippen MR) is 64.7 cm³/mol. The van der Waals surface area contributed by atoms with E-state index in [2.05, 4.69) is 5.32 Å². The fraction of sp³-hybridized carbons (Fsp3) is 0.545. The Morgan fingerprint density at radius 3 is 2.53 bits per heavy atom. The molecule has 0 aliphatic heterocycles. The van der Waals surface area contributed by atoms with E-state index in [1.807, 2.05) is 13.8 Å². The molecule has 1 N–H and O–H groups in total. The summed E-state index contributed by atoms with van der Waals surface area (Å²) < 4.78 is 15.2. The van der Waals surface area contributed by atoms with Gasteiger partial charge in [0.1, 0.15) is 4.92 Å². The van der Waals surface area contributed by atoms with Crippen LogP contribution in [0.4, 0.5) is 5.88 Å². The molecule has 0 aliphatic rings. The molecule has 8 heteroatoms. The molecule has 0 aliphatic carbocycles. The van der Waals surface area contributed by atoms with Crippen LogP contribution in [0.5, 0.6) is 0 Å². The number of rotatable bonds is 8. The van der Waals surface area contributed by atoms with E-state index in [1.54, 1.807) is 0 Å². The number of nitrogens with one attached hydrogen (secondary N) is 1. The summed E-state index contributed by atoms with van der Waals surface area (Å²) in [4.78, 5) is 21.4. The topological polar surface area (TPSA) is 104 Å². The van der Waals surface area contributed by atoms with Gasteiger partial charge in [-0.15, -0.1) is 0 Å². The lowest BCUT2D eigenvalue weighted by Crippen LogP contribution is -2.35. The van der Waals surface area contributed by atoms with Gasteiger partial charge in [-0.3, -0.25) is 14.9 Å². The van der Waals surface area contributed by atoms with Crippen LogP contribution >= 0.6 is 0 Å². The summed E-state index contributed by atoms with van der Waals surface area (Å²) in [5.41, 5.74) is 0. The van der Waals surface area contributed by atoms with Crippen molar-refractivity contribution in [3.63, 3.8) is 0 Å². The van der Waals surface area contributed by atoms with Gasteiger partial charge in [0.25, 0.3) is 5.91 Å². The number of hydrogen-bond acceptors (Lipinski definition) is 6. The highest BCUT2D eigenvalue weighted by Crippen LogP contribution is 2.15. The average Bonchev–Trinajstić information content (AvgIpc) is 2.86. The van der Waals surface area contributed by atoms with Gasteiger partial charge in [0.2, 0.25) is 0 Å². The molecule has 0 aromatic carbocycles. The van der Waals surface area contributed by atoms with Crippen molar-refractivity contribution < 1.29 is 23.6 Å². The first kappa shape index (κ1) is 15.1. The standard InChI is InChI=1S/C11H16N2O6/c1-3-17-10(18-4-2)7-12-11(14)8-5-6-9(19-8)13(15)16/h5-6,10H,3-4,7H2,1-2H3,(H,12,14). The van der Waals surface area contributed by atoms with Crippen molar-refractivity contribution in [3.8, 4) is 0 Å². The Kier molecular flexibility index (Phi) is 5.97. The highest BCUT2D eigenvalue weighted by molar-refractivity contribution is 5.91. The fourth-order valence-electron chi connectivity index (χ4n) is 1.35. The fourth-order valence-corrected chi connectivity index (χ4v) is 1.35. The lowest BCUT2D eigenvalue weighted by Gasteiger charge is -2.16. The van der Waals surface area contributed by atoms with Gasteiger partial charge in [0, 0.05) is 13.2 Å². The number of carbonyl (C=O) groups is 1. The first-order valence-corrected chi connectivity index (χ1v) is 5.84. The summed E-state index contributed by atoms with van der Waals surface area (Å²) >= 11 is 0. The molecule has 0 atom stereocenters. The summed E-state index contributed by atoms with van der Waals surface area (Å²) in [7, 11) is 0. The molecule has 0 saturated heterocycles. The number of hydrogen-bond donors (Lipinski definition) is 1. The molecular formula is C11H16N2O6. The van der Waals surface area contributed by atoms with E-state index in [1.165, 1.54) is 6.07 Å². The molecule has 19 heavy (non-hydrogen) atoms. The number of nitro groups is 1. The molecule has 106 valence electrons. The second kappa shape index (κ2) is 7.49. The van der Waals surface area contributed by atoms with Crippen LogP contribution in [0, 0.1) is 10.1 Å². The van der Waals surface area contributed by atoms with Crippen molar-refractivity contribution in [1.82, 2.24) is 5.32 Å². The van der Waals surface area contributed by atoms with Gasteiger partial charge in [0.15, 0.2) is 12.1 Å². The lowest BCUT2D eigenvalue weighted by atomic mass is 10.4. The van der Waals surface area contributed by atoms with Gasteiger partial charge in [0.05, 0.1) is 12.6 Å². The summed E-state index contributed by atoms with van der Waals surface area (Å²) in [5.74, 6) is -1.16. The lowest BCUT2D eigenvalue weighted by molar-refractivity contribution is -0.402. The van der Waals surface area contributed by atoms with Crippen LogP contribution in [0.3, 0.4) is 0 Å². The van der Waals surface area contributed by atoms with Crippen molar-refractivity contribution in [2.45, 2.75) is 20.1 Å². The zero-order valence-electron chi connectivity index (χ0n) is 10.8. The normalized spacial score (nSPS) is 10.7. The molecule has 0 saturated carbocycles. The Morgan fingerprint density at radius 1 is 1.42 bits per heavy atom. The zero-order valence-corrected chi connectivity index (χ0v) is 10.8. The molecule has 1 rings (SSSR count). The van der Waals surface area contributed by atoms with E-state index in [0.717, 1.165) is 6.07 Å². The van der Waals surface area contributed by atoms with Crippen molar-refractivity contribution in [2.24, 2.45) is 0 Å². The second-order valence-corrected chi connectivity index (χ2v) is 3.45. The molecule has 1 aromatic heterocycles. The van der Waals surface area contributed by atoms with Crippen LogP contribution in [-0.4, -0.2) is 36.9 Å². The minimum absolute atomic E-state index is 0.126. The summed E-state index contributed by atoms with van der Waals surface area (Å²) in [6.07, 6.45) is -0.552. The Bertz CT molecular complexity index is 425. The van der Waals surface area contributed by atoms with Crippen molar-refractivity contribution in [1.29, 1.82) is 0 Å². The van der Waals surface area contributed by atoms with Crippen molar-refractivity contribution >= 4 is 11.8 Å². The van der Waals surface area contributed by atoms with Crippen LogP contribution in [0.25, 0.3) is 0 Å². The molecule has 1 amide bonds. The average molecular weight is 272 g/mol. The first-order chi connectivity index (χ1) is 9.08. The molecule has 1 aromatic rings. The number of ether oxygens (including phenoxy) is 2. The Balaban J connectivity index is 2.51. The Hall–Kier alpha value is -1.93. The quantitative estimate of drug-likeness (QED) is 0.434. The second-order valence-electron chi connectivity index (χ2n) is 3.45. The van der Waals surface area contributed by atoms with Gasteiger partial charge in [-0.05, 0) is 19.9 Å². The summed E-state index contributed by atoms with van der Waals surface area (Å²) in [6, 6.07) is 2.36. The maximum atomic E-state index is 11.7. The van der Waals surface area contributed by atoms with Gasteiger partial charge in [-0.25, -0.2) is 0 Å². The highest BCUT2D eigenvalue weighted by Gasteiger charge is 2.18. The van der Waals surface area contributed by atoms with Crippen LogP contribution in [-0.2, 0) is 9.47 Å². The SMILES string of the molecule is CCOC(CNC(=O)c1ccc([N+](=O)[O-])o1)OCC. The van der Waals surface area contributed by atoms with Crippen LogP contribution in [0.15, 0.2) is 16.5 Å². The van der Waals surface area contributed by atoms with Gasteiger partial charge < -0.3 is 19.2 Å². The third-order valence-electron chi connectivity index (χ3n) is 2.13. The van der Waals surface area contributed by atoms with Crippen molar-refractivity contribution in [3.05, 3.63) is 28.0 Å². The smallest absolute Gasteiger partial charge is 0.395 e. The maximum absolute atomic E-state index is 11.7. The van der Waals surface area contributed by atoms with E-state index < -0.39 is 23.0 Å². The zero-order chi connectivity index (χ0) is 14.3. The molecule has 8 nitrogen and oxygen atoms in total. The van der Waals surface area contributed by atoms with Gasteiger partial charge in [-0.1, -0.05) is 0 Å². The molecule has 0 spiro atoms. The number of furan rings is 1. The molecule has 0 fully saturated rings. The number of amides is 1. The van der Waals surface area contributed by atoms with E-state index >= 15 is 0 Å². The van der Waals surface area contributed by atoms with Crippen LogP contribution < -0.4 is 5.32 Å².